The molecule has 0 saturated heterocycles. The van der Waals surface area contributed by atoms with E-state index in [1.165, 1.54) is 12.1 Å². The summed E-state index contributed by atoms with van der Waals surface area (Å²) in [5.41, 5.74) is -0.103. The summed E-state index contributed by atoms with van der Waals surface area (Å²) in [6, 6.07) is 7.49. The summed E-state index contributed by atoms with van der Waals surface area (Å²) in [5.74, 6) is -3.77. The number of carboxylic acid groups (broad SMARTS) is 1. The first-order valence-electron chi connectivity index (χ1n) is 5.86. The van der Waals surface area contributed by atoms with Crippen LogP contribution in [-0.2, 0) is 19.6 Å². The number of aliphatic hydroxyl groups excluding tert-OH is 1. The molecule has 2 aromatic rings. The second-order valence-electron chi connectivity index (χ2n) is 4.12. The average molecular weight is 322 g/mol. The highest BCUT2D eigenvalue weighted by molar-refractivity contribution is 7.89. The van der Waals surface area contributed by atoms with Gasteiger partial charge in [-0.3, -0.25) is 4.79 Å². The number of carbonyl (C=O) groups excluding carboxylic acids is 1. The van der Waals surface area contributed by atoms with Crippen LogP contribution in [0.1, 0.15) is 5.56 Å². The van der Waals surface area contributed by atoms with Crippen molar-refractivity contribution in [3.8, 4) is 0 Å². The van der Waals surface area contributed by atoms with E-state index >= 15 is 0 Å². The van der Waals surface area contributed by atoms with Crippen LogP contribution in [0.25, 0.3) is 5.76 Å². The molecule has 0 aliphatic heterocycles. The van der Waals surface area contributed by atoms with E-state index in [0.29, 0.717) is 10.2 Å². The van der Waals surface area contributed by atoms with Gasteiger partial charge in [-0.05, 0) is 12.1 Å². The lowest BCUT2D eigenvalue weighted by atomic mass is 10.2. The predicted octanol–water partition coefficient (Wildman–Crippen LogP) is 0.673. The maximum Gasteiger partial charge on any atom is 0.376 e. The van der Waals surface area contributed by atoms with E-state index in [-0.39, 0.29) is 10.5 Å². The highest BCUT2D eigenvalue weighted by Crippen LogP contribution is 2.16. The van der Waals surface area contributed by atoms with Crippen LogP contribution in [0.2, 0.25) is 0 Å². The average Bonchev–Trinajstić information content (AvgIpc) is 2.98. The lowest BCUT2D eigenvalue weighted by Gasteiger charge is -2.03. The van der Waals surface area contributed by atoms with Crippen LogP contribution < -0.4 is 0 Å². The molecule has 0 bridgehead atoms. The molecule has 0 fully saturated rings. The number of aromatic nitrogens is 2. The molecule has 22 heavy (non-hydrogen) atoms. The number of aliphatic carboxylic acids is 1. The Morgan fingerprint density at radius 1 is 1.14 bits per heavy atom. The Morgan fingerprint density at radius 3 is 2.36 bits per heavy atom. The lowest BCUT2D eigenvalue weighted by molar-refractivity contribution is -0.146. The molecule has 0 aliphatic carbocycles. The molecule has 2 N–H and O–H groups in total. The fourth-order valence-corrected chi connectivity index (χ4v) is 2.68. The number of carbonyl (C=O) groups is 2. The van der Waals surface area contributed by atoms with Crippen LogP contribution in [-0.4, -0.2) is 39.6 Å². The van der Waals surface area contributed by atoms with Gasteiger partial charge in [0, 0.05) is 6.08 Å². The van der Waals surface area contributed by atoms with Crippen molar-refractivity contribution < 1.29 is 28.2 Å². The molecule has 114 valence electrons. The minimum absolute atomic E-state index is 0.00488. The van der Waals surface area contributed by atoms with Crippen molar-refractivity contribution in [2.75, 3.05) is 0 Å². The van der Waals surface area contributed by atoms with Gasteiger partial charge in [-0.1, -0.05) is 18.2 Å². The van der Waals surface area contributed by atoms with Gasteiger partial charge in [-0.15, -0.1) is 0 Å². The molecule has 0 spiro atoms. The summed E-state index contributed by atoms with van der Waals surface area (Å²) in [6.07, 6.45) is 2.45. The van der Waals surface area contributed by atoms with Crippen molar-refractivity contribution in [2.45, 2.75) is 4.90 Å². The molecule has 8 nitrogen and oxygen atoms in total. The first kappa shape index (κ1) is 15.4. The standard InChI is InChI=1S/C13H10N2O6S/c16-11(6-12(17)13(18)19)9-7-14-15(8-9)22(20,21)10-4-2-1-3-5-10/h1-8,16H,(H,18,19). The largest absolute Gasteiger partial charge is 0.507 e. The third-order valence-electron chi connectivity index (χ3n) is 2.62. The monoisotopic (exact) mass is 322 g/mol. The summed E-state index contributed by atoms with van der Waals surface area (Å²) in [6.45, 7) is 0. The number of hydrogen-bond acceptors (Lipinski definition) is 6. The van der Waals surface area contributed by atoms with Gasteiger partial charge in [0.25, 0.3) is 15.8 Å². The molecule has 2 rings (SSSR count). The summed E-state index contributed by atoms with van der Waals surface area (Å²) in [4.78, 5) is 21.4. The SMILES string of the molecule is O=C(O)C(=O)C=C(O)c1cnn(S(=O)(=O)c2ccccc2)c1. The van der Waals surface area contributed by atoms with Gasteiger partial charge in [-0.2, -0.15) is 17.6 Å². The minimum Gasteiger partial charge on any atom is -0.507 e. The Labute approximate surface area is 125 Å². The van der Waals surface area contributed by atoms with Gasteiger partial charge in [-0.25, -0.2) is 4.79 Å². The van der Waals surface area contributed by atoms with Crippen LogP contribution in [0, 0.1) is 0 Å². The molecule has 1 aromatic carbocycles. The normalized spacial score (nSPS) is 12.1. The predicted molar refractivity (Wildman–Crippen MR) is 74.5 cm³/mol. The fourth-order valence-electron chi connectivity index (χ4n) is 1.54. The van der Waals surface area contributed by atoms with Gasteiger partial charge < -0.3 is 10.2 Å². The van der Waals surface area contributed by atoms with Crippen LogP contribution in [0.5, 0.6) is 0 Å². The third kappa shape index (κ3) is 3.04. The fraction of sp³-hybridized carbons (Fsp3) is 0. The van der Waals surface area contributed by atoms with Crippen molar-refractivity contribution in [3.05, 3.63) is 54.4 Å². The first-order valence-corrected chi connectivity index (χ1v) is 7.30. The van der Waals surface area contributed by atoms with E-state index in [9.17, 15) is 23.1 Å². The summed E-state index contributed by atoms with van der Waals surface area (Å²) >= 11 is 0. The molecule has 9 heteroatoms. The Morgan fingerprint density at radius 2 is 1.77 bits per heavy atom. The van der Waals surface area contributed by atoms with E-state index in [2.05, 4.69) is 5.10 Å². The van der Waals surface area contributed by atoms with Crippen molar-refractivity contribution >= 4 is 27.5 Å². The number of rotatable bonds is 5. The molecule has 0 aliphatic rings. The smallest absolute Gasteiger partial charge is 0.376 e. The maximum absolute atomic E-state index is 12.2. The molecule has 0 saturated carbocycles. The zero-order valence-corrected chi connectivity index (χ0v) is 11.8. The van der Waals surface area contributed by atoms with Crippen LogP contribution in [0.3, 0.4) is 0 Å². The van der Waals surface area contributed by atoms with Gasteiger partial charge in [0.2, 0.25) is 0 Å². The molecule has 0 unspecified atom stereocenters. The second-order valence-corrected chi connectivity index (χ2v) is 5.91. The Balaban J connectivity index is 2.37. The Bertz CT molecular complexity index is 852. The van der Waals surface area contributed by atoms with E-state index in [1.807, 2.05) is 0 Å². The van der Waals surface area contributed by atoms with E-state index in [0.717, 1.165) is 12.4 Å². The Kier molecular flexibility index (Phi) is 4.08. The number of carboxylic acids is 1. The maximum atomic E-state index is 12.2. The molecule has 0 amide bonds. The molecule has 0 atom stereocenters. The zero-order chi connectivity index (χ0) is 16.3. The van der Waals surface area contributed by atoms with Crippen molar-refractivity contribution in [3.63, 3.8) is 0 Å². The number of nitrogens with zero attached hydrogens (tertiary/aromatic N) is 2. The molecular weight excluding hydrogens is 312 g/mol. The topological polar surface area (TPSA) is 127 Å². The van der Waals surface area contributed by atoms with Crippen LogP contribution in [0.4, 0.5) is 0 Å². The van der Waals surface area contributed by atoms with Gasteiger partial charge in [0.05, 0.1) is 22.9 Å². The van der Waals surface area contributed by atoms with Crippen LogP contribution >= 0.6 is 0 Å². The van der Waals surface area contributed by atoms with Crippen molar-refractivity contribution in [1.82, 2.24) is 9.19 Å². The van der Waals surface area contributed by atoms with E-state index < -0.39 is 27.5 Å². The van der Waals surface area contributed by atoms with E-state index in [1.54, 1.807) is 18.2 Å². The molecular formula is C13H10N2O6S. The second kappa shape index (κ2) is 5.82. The van der Waals surface area contributed by atoms with Gasteiger partial charge in [0.1, 0.15) is 5.76 Å². The molecule has 0 radical (unpaired) electrons. The van der Waals surface area contributed by atoms with Crippen molar-refractivity contribution in [2.24, 2.45) is 0 Å². The first-order chi connectivity index (χ1) is 10.3. The number of ketones is 1. The molecule has 1 heterocycles. The zero-order valence-electron chi connectivity index (χ0n) is 10.9. The highest BCUT2D eigenvalue weighted by atomic mass is 32.2. The summed E-state index contributed by atoms with van der Waals surface area (Å²) in [7, 11) is -3.93. The van der Waals surface area contributed by atoms with Gasteiger partial charge in [0.15, 0.2) is 0 Å². The number of hydrogen-bond donors (Lipinski definition) is 2. The summed E-state index contributed by atoms with van der Waals surface area (Å²) in [5, 5.41) is 21.7. The van der Waals surface area contributed by atoms with Crippen LogP contribution in [0.15, 0.2) is 53.7 Å². The number of benzene rings is 1. The molecule has 1 aromatic heterocycles. The van der Waals surface area contributed by atoms with Crippen molar-refractivity contribution in [1.29, 1.82) is 0 Å². The van der Waals surface area contributed by atoms with E-state index in [4.69, 9.17) is 5.11 Å². The van der Waals surface area contributed by atoms with Gasteiger partial charge >= 0.3 is 5.97 Å². The highest BCUT2D eigenvalue weighted by Gasteiger charge is 2.19. The Hall–Kier alpha value is -2.94. The lowest BCUT2D eigenvalue weighted by Crippen LogP contribution is -2.13. The number of aliphatic hydroxyl groups is 1. The summed E-state index contributed by atoms with van der Waals surface area (Å²) < 4.78 is 25.1. The minimum atomic E-state index is -3.93. The quantitative estimate of drug-likeness (QED) is 0.470. The third-order valence-corrected chi connectivity index (χ3v) is 4.18.